The van der Waals surface area contributed by atoms with Crippen molar-refractivity contribution in [2.24, 2.45) is 5.92 Å². The maximum absolute atomic E-state index is 12.8. The molecule has 1 aromatic carbocycles. The van der Waals surface area contributed by atoms with Crippen LogP contribution in [0, 0.1) is 5.92 Å². The summed E-state index contributed by atoms with van der Waals surface area (Å²) in [6.07, 6.45) is 6.89. The number of benzene rings is 1. The van der Waals surface area contributed by atoms with Crippen molar-refractivity contribution in [2.75, 3.05) is 11.9 Å². The molecule has 2 aliphatic rings. The fourth-order valence-corrected chi connectivity index (χ4v) is 5.70. The summed E-state index contributed by atoms with van der Waals surface area (Å²) >= 11 is 0. The van der Waals surface area contributed by atoms with E-state index >= 15 is 0 Å². The summed E-state index contributed by atoms with van der Waals surface area (Å²) in [5.41, 5.74) is 0.857. The van der Waals surface area contributed by atoms with Crippen molar-refractivity contribution in [3.8, 4) is 0 Å². The van der Waals surface area contributed by atoms with Gasteiger partial charge in [0.25, 0.3) is 0 Å². The molecule has 0 aliphatic carbocycles. The summed E-state index contributed by atoms with van der Waals surface area (Å²) in [6, 6.07) is 11.2. The number of nitrogens with one attached hydrogen (secondary N) is 1. The SMILES string of the molecule is O=S(=O)(OCc1ccccc1)N1C2CCC1CC(CNc1ncccn1)C2. The number of fused-ring (bicyclic) bond motifs is 2. The van der Waals surface area contributed by atoms with Gasteiger partial charge in [-0.2, -0.15) is 12.7 Å². The molecule has 0 spiro atoms. The largest absolute Gasteiger partial charge is 0.354 e. The number of anilines is 1. The molecule has 2 aromatic rings. The van der Waals surface area contributed by atoms with E-state index in [1.165, 1.54) is 0 Å². The molecule has 4 rings (SSSR count). The molecule has 2 fully saturated rings. The smallest absolute Gasteiger partial charge is 0.339 e. The van der Waals surface area contributed by atoms with Crippen LogP contribution < -0.4 is 5.32 Å². The summed E-state index contributed by atoms with van der Waals surface area (Å²) < 4.78 is 32.5. The Morgan fingerprint density at radius 3 is 2.37 bits per heavy atom. The molecule has 1 aromatic heterocycles. The monoisotopic (exact) mass is 388 g/mol. The van der Waals surface area contributed by atoms with E-state index in [4.69, 9.17) is 4.18 Å². The van der Waals surface area contributed by atoms with Crippen LogP contribution in [0.15, 0.2) is 48.8 Å². The zero-order valence-corrected chi connectivity index (χ0v) is 15.9. The Hall–Kier alpha value is -2.03. The maximum atomic E-state index is 12.8. The van der Waals surface area contributed by atoms with Gasteiger partial charge in [-0.15, -0.1) is 0 Å². The Balaban J connectivity index is 1.35. The number of rotatable bonds is 7. The molecule has 2 saturated heterocycles. The summed E-state index contributed by atoms with van der Waals surface area (Å²) in [6.45, 7) is 0.839. The van der Waals surface area contributed by atoms with Crippen LogP contribution in [0.3, 0.4) is 0 Å². The standard InChI is InChI=1S/C19H24N4O3S/c24-27(25,26-14-15-5-2-1-3-6-15)23-17-7-8-18(23)12-16(11-17)13-22-19-20-9-4-10-21-19/h1-6,9-10,16-18H,7-8,11-14H2,(H,20,21,22). The predicted molar refractivity (Wildman–Crippen MR) is 102 cm³/mol. The van der Waals surface area contributed by atoms with Crippen molar-refractivity contribution in [1.29, 1.82) is 0 Å². The van der Waals surface area contributed by atoms with Crippen molar-refractivity contribution >= 4 is 16.3 Å². The highest BCUT2D eigenvalue weighted by atomic mass is 32.2. The van der Waals surface area contributed by atoms with Gasteiger partial charge in [-0.25, -0.2) is 9.97 Å². The van der Waals surface area contributed by atoms with Crippen LogP contribution in [-0.2, 0) is 21.1 Å². The highest BCUT2D eigenvalue weighted by Crippen LogP contribution is 2.40. The third kappa shape index (κ3) is 4.28. The molecular weight excluding hydrogens is 364 g/mol. The normalized spacial score (nSPS) is 25.4. The molecule has 144 valence electrons. The lowest BCUT2D eigenvalue weighted by Gasteiger charge is -2.37. The molecule has 2 aliphatic heterocycles. The Bertz CT molecular complexity index is 834. The summed E-state index contributed by atoms with van der Waals surface area (Å²) in [4.78, 5) is 8.35. The van der Waals surface area contributed by atoms with Crippen molar-refractivity contribution in [3.63, 3.8) is 0 Å². The van der Waals surface area contributed by atoms with E-state index in [-0.39, 0.29) is 18.7 Å². The van der Waals surface area contributed by atoms with E-state index in [1.807, 2.05) is 30.3 Å². The lowest BCUT2D eigenvalue weighted by Crippen LogP contribution is -2.48. The fraction of sp³-hybridized carbons (Fsp3) is 0.474. The van der Waals surface area contributed by atoms with E-state index in [2.05, 4.69) is 15.3 Å². The quantitative estimate of drug-likeness (QED) is 0.785. The molecule has 0 saturated carbocycles. The van der Waals surface area contributed by atoms with Gasteiger partial charge in [0.05, 0.1) is 6.61 Å². The van der Waals surface area contributed by atoms with Crippen molar-refractivity contribution < 1.29 is 12.6 Å². The van der Waals surface area contributed by atoms with Gasteiger partial charge in [0.2, 0.25) is 5.95 Å². The number of piperidine rings is 1. The molecule has 2 atom stereocenters. The van der Waals surface area contributed by atoms with Gasteiger partial charge >= 0.3 is 10.3 Å². The van der Waals surface area contributed by atoms with E-state index in [9.17, 15) is 8.42 Å². The van der Waals surface area contributed by atoms with Gasteiger partial charge in [-0.1, -0.05) is 30.3 Å². The minimum absolute atomic E-state index is 0.0213. The third-order valence-electron chi connectivity index (χ3n) is 5.35. The molecule has 8 heteroatoms. The van der Waals surface area contributed by atoms with Crippen molar-refractivity contribution in [2.45, 2.75) is 44.4 Å². The fourth-order valence-electron chi connectivity index (χ4n) is 4.18. The Morgan fingerprint density at radius 2 is 1.70 bits per heavy atom. The minimum atomic E-state index is -3.72. The predicted octanol–water partition coefficient (Wildman–Crippen LogP) is 2.59. The van der Waals surface area contributed by atoms with Gasteiger partial charge in [0.1, 0.15) is 0 Å². The van der Waals surface area contributed by atoms with E-state index in [0.717, 1.165) is 37.8 Å². The second-order valence-corrected chi connectivity index (χ2v) is 8.72. The first-order chi connectivity index (χ1) is 13.1. The lowest BCUT2D eigenvalue weighted by atomic mass is 9.92. The molecule has 2 bridgehead atoms. The zero-order chi connectivity index (χ0) is 18.7. The van der Waals surface area contributed by atoms with Gasteiger partial charge in [-0.05, 0) is 43.2 Å². The zero-order valence-electron chi connectivity index (χ0n) is 15.1. The molecular formula is C19H24N4O3S. The molecule has 7 nitrogen and oxygen atoms in total. The van der Waals surface area contributed by atoms with Gasteiger partial charge in [0.15, 0.2) is 0 Å². The van der Waals surface area contributed by atoms with Crippen LogP contribution in [0.5, 0.6) is 0 Å². The van der Waals surface area contributed by atoms with E-state index in [1.54, 1.807) is 22.8 Å². The van der Waals surface area contributed by atoms with Crippen LogP contribution in [0.2, 0.25) is 0 Å². The van der Waals surface area contributed by atoms with E-state index < -0.39 is 10.3 Å². The van der Waals surface area contributed by atoms with Crippen LogP contribution in [-0.4, -0.2) is 41.3 Å². The third-order valence-corrected chi connectivity index (χ3v) is 6.88. The number of hydrogen-bond acceptors (Lipinski definition) is 6. The highest BCUT2D eigenvalue weighted by Gasteiger charge is 2.47. The van der Waals surface area contributed by atoms with Crippen molar-refractivity contribution in [1.82, 2.24) is 14.3 Å². The first kappa shape index (κ1) is 18.3. The van der Waals surface area contributed by atoms with Crippen LogP contribution >= 0.6 is 0 Å². The summed E-state index contributed by atoms with van der Waals surface area (Å²) in [5.74, 6) is 1.03. The Kier molecular flexibility index (Phi) is 5.38. The van der Waals surface area contributed by atoms with Gasteiger partial charge in [-0.3, -0.25) is 4.18 Å². The first-order valence-corrected chi connectivity index (χ1v) is 10.7. The topological polar surface area (TPSA) is 84.4 Å². The van der Waals surface area contributed by atoms with Crippen LogP contribution in [0.1, 0.15) is 31.2 Å². The number of aromatic nitrogens is 2. The molecule has 1 N–H and O–H groups in total. The first-order valence-electron chi connectivity index (χ1n) is 9.34. The molecule has 0 radical (unpaired) electrons. The van der Waals surface area contributed by atoms with Gasteiger partial charge < -0.3 is 5.32 Å². The van der Waals surface area contributed by atoms with Crippen molar-refractivity contribution in [3.05, 3.63) is 54.4 Å². The minimum Gasteiger partial charge on any atom is -0.354 e. The summed E-state index contributed by atoms with van der Waals surface area (Å²) in [7, 11) is -3.72. The molecule has 2 unspecified atom stereocenters. The molecule has 3 heterocycles. The molecule has 0 amide bonds. The Morgan fingerprint density at radius 1 is 1.04 bits per heavy atom. The average Bonchev–Trinajstić information content (AvgIpc) is 2.99. The number of nitrogens with zero attached hydrogens (tertiary/aromatic N) is 3. The lowest BCUT2D eigenvalue weighted by molar-refractivity contribution is 0.163. The highest BCUT2D eigenvalue weighted by molar-refractivity contribution is 7.84. The average molecular weight is 388 g/mol. The summed E-state index contributed by atoms with van der Waals surface area (Å²) in [5, 5.41) is 3.26. The van der Waals surface area contributed by atoms with E-state index in [0.29, 0.717) is 11.9 Å². The Labute approximate surface area is 160 Å². The van der Waals surface area contributed by atoms with Crippen LogP contribution in [0.4, 0.5) is 5.95 Å². The maximum Gasteiger partial charge on any atom is 0.339 e. The van der Waals surface area contributed by atoms with Crippen LogP contribution in [0.25, 0.3) is 0 Å². The number of hydrogen-bond donors (Lipinski definition) is 1. The van der Waals surface area contributed by atoms with Gasteiger partial charge in [0, 0.05) is 31.0 Å². The second kappa shape index (κ2) is 7.92. The molecule has 27 heavy (non-hydrogen) atoms. The second-order valence-electron chi connectivity index (χ2n) is 7.21.